The third-order valence-corrected chi connectivity index (χ3v) is 4.73. The van der Waals surface area contributed by atoms with E-state index in [-0.39, 0.29) is 5.91 Å². The summed E-state index contributed by atoms with van der Waals surface area (Å²) in [7, 11) is 1.59. The molecule has 1 heterocycles. The summed E-state index contributed by atoms with van der Waals surface area (Å²) in [6.07, 6.45) is 2.97. The van der Waals surface area contributed by atoms with Crippen LogP contribution in [0.3, 0.4) is 0 Å². The molecule has 0 aromatic heterocycles. The Kier molecular flexibility index (Phi) is 4.95. The predicted octanol–water partition coefficient (Wildman–Crippen LogP) is 3.84. The predicted molar refractivity (Wildman–Crippen MR) is 97.9 cm³/mol. The Morgan fingerprint density at radius 1 is 1.33 bits per heavy atom. The number of benzene rings is 2. The van der Waals surface area contributed by atoms with Crippen molar-refractivity contribution in [3.8, 4) is 5.75 Å². The van der Waals surface area contributed by atoms with Gasteiger partial charge in [0, 0.05) is 24.3 Å². The van der Waals surface area contributed by atoms with Crippen LogP contribution in [0.1, 0.15) is 24.0 Å². The number of ether oxygens (including phenoxy) is 1. The van der Waals surface area contributed by atoms with E-state index in [2.05, 4.69) is 0 Å². The van der Waals surface area contributed by atoms with Gasteiger partial charge in [-0.05, 0) is 54.7 Å². The lowest BCUT2D eigenvalue weighted by molar-refractivity contribution is -0.118. The zero-order valence-corrected chi connectivity index (χ0v) is 14.5. The Labute approximate surface area is 147 Å². The van der Waals surface area contributed by atoms with Gasteiger partial charge in [-0.2, -0.15) is 0 Å². The van der Waals surface area contributed by atoms with E-state index in [1.807, 2.05) is 41.3 Å². The summed E-state index contributed by atoms with van der Waals surface area (Å²) in [6, 6.07) is 11.4. The molecule has 0 aliphatic carbocycles. The molecule has 2 aromatic carbocycles. The van der Waals surface area contributed by atoms with Gasteiger partial charge >= 0.3 is 0 Å². The molecule has 3 rings (SSSR count). The summed E-state index contributed by atoms with van der Waals surface area (Å²) in [5, 5.41) is 0.568. The molecule has 0 spiro atoms. The number of methoxy groups -OCH3 is 1. The van der Waals surface area contributed by atoms with Crippen molar-refractivity contribution in [2.75, 3.05) is 24.3 Å². The molecule has 24 heavy (non-hydrogen) atoms. The highest BCUT2D eigenvalue weighted by atomic mass is 35.5. The first-order chi connectivity index (χ1) is 11.6. The molecule has 0 unspecified atom stereocenters. The number of carbonyl (C=O) groups is 1. The number of amides is 1. The number of hydrogen-bond donors (Lipinski definition) is 1. The summed E-state index contributed by atoms with van der Waals surface area (Å²) in [4.78, 5) is 14.5. The molecule has 5 heteroatoms. The molecular formula is C19H21ClN2O2. The molecule has 2 N–H and O–H groups in total. The number of anilines is 2. The third kappa shape index (κ3) is 3.34. The summed E-state index contributed by atoms with van der Waals surface area (Å²) in [5.74, 6) is 0.765. The smallest absolute Gasteiger partial charge is 0.227 e. The molecule has 1 aliphatic rings. The zero-order valence-electron chi connectivity index (χ0n) is 13.7. The van der Waals surface area contributed by atoms with Crippen molar-refractivity contribution in [1.29, 1.82) is 0 Å². The second kappa shape index (κ2) is 7.14. The van der Waals surface area contributed by atoms with E-state index in [1.165, 1.54) is 0 Å². The Balaban J connectivity index is 1.70. The highest BCUT2D eigenvalue weighted by Crippen LogP contribution is 2.32. The van der Waals surface area contributed by atoms with E-state index in [4.69, 9.17) is 22.1 Å². The van der Waals surface area contributed by atoms with Crippen molar-refractivity contribution in [2.45, 2.75) is 25.7 Å². The number of hydrogen-bond acceptors (Lipinski definition) is 3. The first kappa shape index (κ1) is 16.7. The van der Waals surface area contributed by atoms with E-state index in [0.29, 0.717) is 23.6 Å². The monoisotopic (exact) mass is 344 g/mol. The molecule has 1 amide bonds. The quantitative estimate of drug-likeness (QED) is 0.857. The maximum absolute atomic E-state index is 12.7. The SMILES string of the molecule is COc1ccc(CCC(=O)N2CCCc3c(N)cccc32)cc1Cl. The van der Waals surface area contributed by atoms with Gasteiger partial charge in [0.25, 0.3) is 0 Å². The molecule has 0 fully saturated rings. The number of rotatable bonds is 4. The second-order valence-electron chi connectivity index (χ2n) is 5.96. The van der Waals surface area contributed by atoms with Crippen LogP contribution in [0.15, 0.2) is 36.4 Å². The average Bonchev–Trinajstić information content (AvgIpc) is 2.60. The van der Waals surface area contributed by atoms with Crippen LogP contribution in [-0.2, 0) is 17.6 Å². The number of nitrogen functional groups attached to an aromatic ring is 1. The lowest BCUT2D eigenvalue weighted by Crippen LogP contribution is -2.35. The number of nitrogens with zero attached hydrogens (tertiary/aromatic N) is 1. The number of aryl methyl sites for hydroxylation is 1. The van der Waals surface area contributed by atoms with Crippen molar-refractivity contribution in [2.24, 2.45) is 0 Å². The second-order valence-corrected chi connectivity index (χ2v) is 6.37. The number of nitrogens with two attached hydrogens (primary N) is 1. The largest absolute Gasteiger partial charge is 0.495 e. The molecule has 0 saturated heterocycles. The highest BCUT2D eigenvalue weighted by molar-refractivity contribution is 6.32. The van der Waals surface area contributed by atoms with Gasteiger partial charge in [0.1, 0.15) is 5.75 Å². The van der Waals surface area contributed by atoms with E-state index in [9.17, 15) is 4.79 Å². The van der Waals surface area contributed by atoms with Gasteiger partial charge in [-0.25, -0.2) is 0 Å². The zero-order chi connectivity index (χ0) is 17.1. The molecule has 0 bridgehead atoms. The third-order valence-electron chi connectivity index (χ3n) is 4.43. The normalized spacial score (nSPS) is 13.5. The molecule has 0 radical (unpaired) electrons. The minimum atomic E-state index is 0.119. The van der Waals surface area contributed by atoms with Gasteiger partial charge in [-0.3, -0.25) is 4.79 Å². The van der Waals surface area contributed by atoms with Crippen LogP contribution < -0.4 is 15.4 Å². The number of carbonyl (C=O) groups excluding carboxylic acids is 1. The standard InChI is InChI=1S/C19H21ClN2O2/c1-24-18-9-7-13(12-15(18)20)8-10-19(23)22-11-3-4-14-16(21)5-2-6-17(14)22/h2,5-7,9,12H,3-4,8,10-11,21H2,1H3. The fourth-order valence-electron chi connectivity index (χ4n) is 3.16. The Bertz CT molecular complexity index is 761. The maximum Gasteiger partial charge on any atom is 0.227 e. The highest BCUT2D eigenvalue weighted by Gasteiger charge is 2.23. The Hall–Kier alpha value is -2.20. The summed E-state index contributed by atoms with van der Waals surface area (Å²) < 4.78 is 5.15. The van der Waals surface area contributed by atoms with Gasteiger partial charge in [-0.15, -0.1) is 0 Å². The molecule has 4 nitrogen and oxygen atoms in total. The van der Waals surface area contributed by atoms with Crippen molar-refractivity contribution in [1.82, 2.24) is 0 Å². The Morgan fingerprint density at radius 3 is 2.92 bits per heavy atom. The lowest BCUT2D eigenvalue weighted by atomic mass is 9.99. The van der Waals surface area contributed by atoms with Gasteiger partial charge in [-0.1, -0.05) is 23.7 Å². The molecule has 0 saturated carbocycles. The van der Waals surface area contributed by atoms with Crippen molar-refractivity contribution in [3.63, 3.8) is 0 Å². The van der Waals surface area contributed by atoms with E-state index in [0.717, 1.165) is 41.9 Å². The minimum Gasteiger partial charge on any atom is -0.495 e. The summed E-state index contributed by atoms with van der Waals surface area (Å²) >= 11 is 6.14. The van der Waals surface area contributed by atoms with E-state index in [1.54, 1.807) is 7.11 Å². The molecule has 126 valence electrons. The minimum absolute atomic E-state index is 0.119. The van der Waals surface area contributed by atoms with Crippen LogP contribution in [0.25, 0.3) is 0 Å². The lowest BCUT2D eigenvalue weighted by Gasteiger charge is -2.30. The van der Waals surface area contributed by atoms with Crippen molar-refractivity contribution >= 4 is 28.9 Å². The van der Waals surface area contributed by atoms with Crippen LogP contribution >= 0.6 is 11.6 Å². The molecule has 0 atom stereocenters. The number of fused-ring (bicyclic) bond motifs is 1. The van der Waals surface area contributed by atoms with Crippen molar-refractivity contribution < 1.29 is 9.53 Å². The maximum atomic E-state index is 12.7. The van der Waals surface area contributed by atoms with Crippen LogP contribution in [0.4, 0.5) is 11.4 Å². The first-order valence-corrected chi connectivity index (χ1v) is 8.48. The van der Waals surface area contributed by atoms with Gasteiger partial charge in [0.2, 0.25) is 5.91 Å². The fraction of sp³-hybridized carbons (Fsp3) is 0.316. The Morgan fingerprint density at radius 2 is 2.17 bits per heavy atom. The van der Waals surface area contributed by atoms with E-state index >= 15 is 0 Å². The molecular weight excluding hydrogens is 324 g/mol. The van der Waals surface area contributed by atoms with Crippen LogP contribution in [0, 0.1) is 0 Å². The topological polar surface area (TPSA) is 55.6 Å². The van der Waals surface area contributed by atoms with Gasteiger partial charge < -0.3 is 15.4 Å². The van der Waals surface area contributed by atoms with E-state index < -0.39 is 0 Å². The van der Waals surface area contributed by atoms with Gasteiger partial charge in [0.05, 0.1) is 12.1 Å². The average molecular weight is 345 g/mol. The fourth-order valence-corrected chi connectivity index (χ4v) is 3.44. The van der Waals surface area contributed by atoms with Crippen LogP contribution in [0.5, 0.6) is 5.75 Å². The van der Waals surface area contributed by atoms with Crippen molar-refractivity contribution in [3.05, 3.63) is 52.5 Å². The van der Waals surface area contributed by atoms with Crippen LogP contribution in [0.2, 0.25) is 5.02 Å². The summed E-state index contributed by atoms with van der Waals surface area (Å²) in [6.45, 7) is 0.749. The number of halogens is 1. The van der Waals surface area contributed by atoms with Gasteiger partial charge in [0.15, 0.2) is 0 Å². The molecule has 2 aromatic rings. The molecule has 1 aliphatic heterocycles. The summed E-state index contributed by atoms with van der Waals surface area (Å²) in [5.41, 5.74) is 9.89. The first-order valence-electron chi connectivity index (χ1n) is 8.10. The van der Waals surface area contributed by atoms with Crippen LogP contribution in [-0.4, -0.2) is 19.6 Å².